The van der Waals surface area contributed by atoms with Gasteiger partial charge in [-0.3, -0.25) is 4.90 Å². The Balaban J connectivity index is 0.000000426. The van der Waals surface area contributed by atoms with Crippen LogP contribution in [0, 0.1) is 11.3 Å². The molecule has 1 amide bonds. The molecule has 0 atom stereocenters. The van der Waals surface area contributed by atoms with Crippen LogP contribution in [0.1, 0.15) is 45.4 Å². The second kappa shape index (κ2) is 13.7. The lowest BCUT2D eigenvalue weighted by molar-refractivity contribution is -0.193. The number of imidazole rings is 1. The second-order valence-corrected chi connectivity index (χ2v) is 9.58. The zero-order chi connectivity index (χ0) is 29.3. The quantitative estimate of drug-likeness (QED) is 0.462. The molecule has 2 aliphatic rings. The number of alkyl carbamates (subject to hydrolysis) is 1. The van der Waals surface area contributed by atoms with Gasteiger partial charge in [-0.1, -0.05) is 13.8 Å². The molecule has 1 saturated heterocycles. The molecule has 1 aliphatic heterocycles. The Kier molecular flexibility index (Phi) is 11.9. The molecule has 2 heterocycles. The lowest BCUT2D eigenvalue weighted by Crippen LogP contribution is -2.55. The maximum Gasteiger partial charge on any atom is 0.490 e. The van der Waals surface area contributed by atoms with Crippen molar-refractivity contribution >= 4 is 18.0 Å². The first-order chi connectivity index (χ1) is 17.3. The summed E-state index contributed by atoms with van der Waals surface area (Å²) in [6.45, 7) is 7.76. The minimum atomic E-state index is -5.08. The minimum Gasteiger partial charge on any atom is -0.475 e. The van der Waals surface area contributed by atoms with Crippen molar-refractivity contribution in [2.24, 2.45) is 18.4 Å². The average Bonchev–Trinajstić information content (AvgIpc) is 3.16. The van der Waals surface area contributed by atoms with E-state index < -0.39 is 24.3 Å². The Labute approximate surface area is 214 Å². The van der Waals surface area contributed by atoms with Gasteiger partial charge in [0.15, 0.2) is 0 Å². The summed E-state index contributed by atoms with van der Waals surface area (Å²) in [4.78, 5) is 36.4. The SMILES string of the molecule is CC(C)COC(=O)NC1CC2(CCN(Cc3nccn3C)CC2)C1.O=C(O)C(F)(F)F.O=C(O)C(F)(F)F. The number of aromatic nitrogens is 2. The Morgan fingerprint density at radius 3 is 1.92 bits per heavy atom. The molecular weight excluding hydrogens is 530 g/mol. The molecule has 0 unspecified atom stereocenters. The summed E-state index contributed by atoms with van der Waals surface area (Å²) < 4.78 is 70.8. The van der Waals surface area contributed by atoms with E-state index >= 15 is 0 Å². The fourth-order valence-corrected chi connectivity index (χ4v) is 3.88. The van der Waals surface area contributed by atoms with E-state index in [0.717, 1.165) is 38.3 Å². The molecule has 218 valence electrons. The molecule has 1 saturated carbocycles. The largest absolute Gasteiger partial charge is 0.490 e. The molecule has 3 rings (SSSR count). The standard InChI is InChI=1S/C18H30N4O2.2C2HF3O2/c1-14(2)13-24-17(23)20-15-10-18(11-15)4-7-22(8-5-18)12-16-19-6-9-21(16)3;2*3-2(4,5)1(6)7/h6,9,14-15H,4-5,7-8,10-13H2,1-3H3,(H,20,23);2*(H,6,7). The molecule has 3 N–H and O–H groups in total. The number of carboxylic acids is 2. The van der Waals surface area contributed by atoms with Gasteiger partial charge in [-0.05, 0) is 50.1 Å². The van der Waals surface area contributed by atoms with Crippen molar-refractivity contribution in [3.8, 4) is 0 Å². The van der Waals surface area contributed by atoms with Crippen molar-refractivity contribution in [2.75, 3.05) is 19.7 Å². The van der Waals surface area contributed by atoms with E-state index in [-0.39, 0.29) is 6.09 Å². The van der Waals surface area contributed by atoms with Crippen molar-refractivity contribution in [3.05, 3.63) is 18.2 Å². The third kappa shape index (κ3) is 11.6. The number of hydrogen-bond donors (Lipinski definition) is 3. The van der Waals surface area contributed by atoms with Crippen LogP contribution in [0.5, 0.6) is 0 Å². The summed E-state index contributed by atoms with van der Waals surface area (Å²) in [5, 5.41) is 17.3. The maximum absolute atomic E-state index is 11.7. The van der Waals surface area contributed by atoms with Crippen LogP contribution in [-0.4, -0.2) is 80.8 Å². The summed E-state index contributed by atoms with van der Waals surface area (Å²) in [5.74, 6) is -4.00. The number of likely N-dealkylation sites (tertiary alicyclic amines) is 1. The number of nitrogens with one attached hydrogen (secondary N) is 1. The molecule has 0 radical (unpaired) electrons. The van der Waals surface area contributed by atoms with E-state index in [0.29, 0.717) is 24.0 Å². The smallest absolute Gasteiger partial charge is 0.475 e. The lowest BCUT2D eigenvalue weighted by atomic mass is 9.60. The lowest BCUT2D eigenvalue weighted by Gasteiger charge is -2.52. The fraction of sp³-hybridized carbons (Fsp3) is 0.727. The molecule has 0 bridgehead atoms. The van der Waals surface area contributed by atoms with Crippen LogP contribution in [0.4, 0.5) is 31.1 Å². The van der Waals surface area contributed by atoms with Crippen molar-refractivity contribution in [1.82, 2.24) is 19.8 Å². The summed E-state index contributed by atoms with van der Waals surface area (Å²) >= 11 is 0. The van der Waals surface area contributed by atoms with Gasteiger partial charge in [0.05, 0.1) is 13.2 Å². The van der Waals surface area contributed by atoms with Crippen LogP contribution in [0.3, 0.4) is 0 Å². The Morgan fingerprint density at radius 1 is 1.08 bits per heavy atom. The fourth-order valence-electron chi connectivity index (χ4n) is 3.88. The van der Waals surface area contributed by atoms with E-state index in [2.05, 4.69) is 19.8 Å². The average molecular weight is 563 g/mol. The molecule has 0 aromatic carbocycles. The van der Waals surface area contributed by atoms with E-state index in [9.17, 15) is 31.1 Å². The van der Waals surface area contributed by atoms with E-state index in [1.807, 2.05) is 33.3 Å². The van der Waals surface area contributed by atoms with Gasteiger partial charge in [0, 0.05) is 25.5 Å². The molecule has 1 spiro atoms. The molecule has 1 aromatic rings. The summed E-state index contributed by atoms with van der Waals surface area (Å²) in [5.41, 5.74) is 0.439. The number of piperidine rings is 1. The maximum atomic E-state index is 11.7. The second-order valence-electron chi connectivity index (χ2n) is 9.58. The highest BCUT2D eigenvalue weighted by Crippen LogP contribution is 2.49. The van der Waals surface area contributed by atoms with Gasteiger partial charge in [0.2, 0.25) is 0 Å². The van der Waals surface area contributed by atoms with Crippen LogP contribution in [-0.2, 0) is 27.9 Å². The van der Waals surface area contributed by atoms with Crippen molar-refractivity contribution in [1.29, 1.82) is 0 Å². The molecule has 2 fully saturated rings. The van der Waals surface area contributed by atoms with Crippen molar-refractivity contribution in [3.63, 3.8) is 0 Å². The number of aryl methyl sites for hydroxylation is 1. The number of nitrogens with zero attached hydrogens (tertiary/aromatic N) is 3. The number of carbonyl (C=O) groups excluding carboxylic acids is 1. The highest BCUT2D eigenvalue weighted by Gasteiger charge is 2.46. The zero-order valence-electron chi connectivity index (χ0n) is 21.1. The molecule has 1 aliphatic carbocycles. The van der Waals surface area contributed by atoms with E-state index in [1.165, 1.54) is 12.8 Å². The first-order valence-electron chi connectivity index (χ1n) is 11.6. The number of carbonyl (C=O) groups is 3. The minimum absolute atomic E-state index is 0.254. The Hall–Kier alpha value is -3.04. The van der Waals surface area contributed by atoms with Crippen LogP contribution >= 0.6 is 0 Å². The summed E-state index contributed by atoms with van der Waals surface area (Å²) in [6.07, 6.45) is -1.92. The number of amides is 1. The monoisotopic (exact) mass is 562 g/mol. The summed E-state index contributed by atoms with van der Waals surface area (Å²) in [6, 6.07) is 0.297. The zero-order valence-corrected chi connectivity index (χ0v) is 21.1. The first kappa shape index (κ1) is 33.0. The normalized spacial score (nSPS) is 17.4. The van der Waals surface area contributed by atoms with Gasteiger partial charge in [-0.15, -0.1) is 0 Å². The predicted molar refractivity (Wildman–Crippen MR) is 120 cm³/mol. The number of carboxylic acid groups (broad SMARTS) is 2. The molecule has 10 nitrogen and oxygen atoms in total. The Morgan fingerprint density at radius 2 is 1.55 bits per heavy atom. The molecule has 16 heteroatoms. The van der Waals surface area contributed by atoms with Gasteiger partial charge in [0.1, 0.15) is 5.82 Å². The molecular formula is C22H32F6N4O6. The number of rotatable bonds is 5. The van der Waals surface area contributed by atoms with Crippen LogP contribution in [0.2, 0.25) is 0 Å². The summed E-state index contributed by atoms with van der Waals surface area (Å²) in [7, 11) is 2.05. The van der Waals surface area contributed by atoms with E-state index in [4.69, 9.17) is 24.5 Å². The van der Waals surface area contributed by atoms with Gasteiger partial charge in [-0.2, -0.15) is 26.3 Å². The first-order valence-corrected chi connectivity index (χ1v) is 11.6. The van der Waals surface area contributed by atoms with Gasteiger partial charge in [0.25, 0.3) is 0 Å². The highest BCUT2D eigenvalue weighted by molar-refractivity contribution is 5.73. The molecule has 1 aromatic heterocycles. The third-order valence-electron chi connectivity index (χ3n) is 5.92. The van der Waals surface area contributed by atoms with Crippen LogP contribution < -0.4 is 5.32 Å². The molecule has 38 heavy (non-hydrogen) atoms. The number of hydrogen-bond acceptors (Lipinski definition) is 6. The van der Waals surface area contributed by atoms with Crippen LogP contribution in [0.15, 0.2) is 12.4 Å². The van der Waals surface area contributed by atoms with Crippen molar-refractivity contribution < 1.29 is 55.7 Å². The number of halogens is 6. The number of alkyl halides is 6. The Bertz CT molecular complexity index is 894. The number of aliphatic carboxylic acids is 2. The van der Waals surface area contributed by atoms with Gasteiger partial charge in [-0.25, -0.2) is 19.4 Å². The number of ether oxygens (including phenoxy) is 1. The topological polar surface area (TPSA) is 134 Å². The van der Waals surface area contributed by atoms with E-state index in [1.54, 1.807) is 0 Å². The van der Waals surface area contributed by atoms with Gasteiger partial charge >= 0.3 is 30.4 Å². The van der Waals surface area contributed by atoms with Crippen LogP contribution in [0.25, 0.3) is 0 Å². The van der Waals surface area contributed by atoms with Gasteiger partial charge < -0.3 is 24.8 Å². The predicted octanol–water partition coefficient (Wildman–Crippen LogP) is 3.81. The van der Waals surface area contributed by atoms with Crippen molar-refractivity contribution in [2.45, 2.75) is 64.5 Å². The third-order valence-corrected chi connectivity index (χ3v) is 5.92. The highest BCUT2D eigenvalue weighted by atomic mass is 19.4.